The molecule has 0 saturated heterocycles. The largest absolute Gasteiger partial charge is 0.496 e. The lowest BCUT2D eigenvalue weighted by Gasteiger charge is -2.23. The van der Waals surface area contributed by atoms with E-state index in [1.165, 1.54) is 25.3 Å². The first-order chi connectivity index (χ1) is 13.1. The van der Waals surface area contributed by atoms with Crippen molar-refractivity contribution in [3.05, 3.63) is 64.2 Å². The predicted octanol–water partition coefficient (Wildman–Crippen LogP) is 2.25. The number of nitrogens with zero attached hydrogens (tertiary/aromatic N) is 2. The Labute approximate surface area is 163 Å². The fourth-order valence-electron chi connectivity index (χ4n) is 2.68. The second kappa shape index (κ2) is 8.70. The van der Waals surface area contributed by atoms with Crippen LogP contribution in [0.1, 0.15) is 18.5 Å². The fourth-order valence-corrected chi connectivity index (χ4v) is 3.53. The molecule has 2 aromatic rings. The number of ether oxygens (including phenoxy) is 1. The molecule has 10 heteroatoms. The maximum atomic E-state index is 12.5. The Morgan fingerprint density at radius 2 is 1.93 bits per heavy atom. The maximum Gasteiger partial charge on any atom is 0.271 e. The maximum absolute atomic E-state index is 12.5. The van der Waals surface area contributed by atoms with Crippen molar-refractivity contribution in [1.82, 2.24) is 5.32 Å². The highest BCUT2D eigenvalue weighted by Crippen LogP contribution is 2.25. The third-order valence-electron chi connectivity index (χ3n) is 4.00. The first-order valence-corrected chi connectivity index (χ1v) is 10.1. The molecule has 1 amide bonds. The van der Waals surface area contributed by atoms with Crippen molar-refractivity contribution in [2.75, 3.05) is 24.2 Å². The Morgan fingerprint density at radius 3 is 2.54 bits per heavy atom. The van der Waals surface area contributed by atoms with Gasteiger partial charge in [0.15, 0.2) is 0 Å². The number of nitro benzene ring substituents is 1. The van der Waals surface area contributed by atoms with Gasteiger partial charge in [-0.15, -0.1) is 0 Å². The van der Waals surface area contributed by atoms with E-state index in [2.05, 4.69) is 5.32 Å². The predicted molar refractivity (Wildman–Crippen MR) is 105 cm³/mol. The van der Waals surface area contributed by atoms with Gasteiger partial charge in [0, 0.05) is 17.7 Å². The smallest absolute Gasteiger partial charge is 0.271 e. The van der Waals surface area contributed by atoms with Gasteiger partial charge in [-0.2, -0.15) is 0 Å². The molecule has 0 aliphatic carbocycles. The standard InChI is InChI=1S/C18H21N3O6S/c1-13(16-9-4-5-10-17(16)27-2)19-18(22)12-20(28(3,25)26)14-7-6-8-15(11-14)21(23)24/h4-11,13H,12H2,1-3H3,(H,19,22)/t13-/m1/s1. The molecule has 0 saturated carbocycles. The number of hydrogen-bond donors (Lipinski definition) is 1. The normalized spacial score (nSPS) is 12.1. The number of nitro groups is 1. The molecule has 0 fully saturated rings. The van der Waals surface area contributed by atoms with Gasteiger partial charge in [0.1, 0.15) is 12.3 Å². The Morgan fingerprint density at radius 1 is 1.25 bits per heavy atom. The second-order valence-electron chi connectivity index (χ2n) is 6.08. The molecule has 2 aromatic carbocycles. The Hall–Kier alpha value is -3.14. The van der Waals surface area contributed by atoms with Crippen LogP contribution < -0.4 is 14.4 Å². The number of benzene rings is 2. The molecular weight excluding hydrogens is 386 g/mol. The summed E-state index contributed by atoms with van der Waals surface area (Å²) in [5.41, 5.74) is 0.505. The molecule has 2 rings (SSSR count). The summed E-state index contributed by atoms with van der Waals surface area (Å²) < 4.78 is 30.4. The van der Waals surface area contributed by atoms with Gasteiger partial charge in [-0.1, -0.05) is 24.3 Å². The summed E-state index contributed by atoms with van der Waals surface area (Å²) in [5.74, 6) is 0.0318. The van der Waals surface area contributed by atoms with Crippen LogP contribution in [0.15, 0.2) is 48.5 Å². The zero-order valence-corrected chi connectivity index (χ0v) is 16.5. The summed E-state index contributed by atoms with van der Waals surface area (Å²) >= 11 is 0. The number of carbonyl (C=O) groups is 1. The van der Waals surface area contributed by atoms with E-state index < -0.39 is 33.4 Å². The van der Waals surface area contributed by atoms with Crippen molar-refractivity contribution in [2.45, 2.75) is 13.0 Å². The minimum Gasteiger partial charge on any atom is -0.496 e. The second-order valence-corrected chi connectivity index (χ2v) is 7.98. The zero-order valence-electron chi connectivity index (χ0n) is 15.7. The molecule has 0 spiro atoms. The number of sulfonamides is 1. The molecule has 28 heavy (non-hydrogen) atoms. The van der Waals surface area contributed by atoms with E-state index in [0.717, 1.165) is 22.2 Å². The molecule has 0 unspecified atom stereocenters. The summed E-state index contributed by atoms with van der Waals surface area (Å²) in [6.07, 6.45) is 0.933. The number of para-hydroxylation sites is 1. The molecule has 0 bridgehead atoms. The number of carbonyl (C=O) groups excluding carboxylic acids is 1. The third-order valence-corrected chi connectivity index (χ3v) is 5.14. The van der Waals surface area contributed by atoms with E-state index in [1.807, 2.05) is 0 Å². The lowest BCUT2D eigenvalue weighted by molar-refractivity contribution is -0.384. The van der Waals surface area contributed by atoms with Crippen LogP contribution in [0, 0.1) is 10.1 Å². The van der Waals surface area contributed by atoms with E-state index in [-0.39, 0.29) is 11.4 Å². The van der Waals surface area contributed by atoms with Crippen LogP contribution >= 0.6 is 0 Å². The number of amides is 1. The van der Waals surface area contributed by atoms with Crippen LogP contribution in [0.3, 0.4) is 0 Å². The monoisotopic (exact) mass is 407 g/mol. The number of non-ortho nitro benzene ring substituents is 1. The summed E-state index contributed by atoms with van der Waals surface area (Å²) in [6.45, 7) is 1.23. The van der Waals surface area contributed by atoms with Crippen molar-refractivity contribution < 1.29 is 22.9 Å². The highest BCUT2D eigenvalue weighted by Gasteiger charge is 2.24. The van der Waals surface area contributed by atoms with Crippen LogP contribution in [0.5, 0.6) is 5.75 Å². The first-order valence-electron chi connectivity index (χ1n) is 8.28. The highest BCUT2D eigenvalue weighted by atomic mass is 32.2. The molecule has 0 aliphatic heterocycles. The topological polar surface area (TPSA) is 119 Å². The average Bonchev–Trinajstić information content (AvgIpc) is 2.65. The molecule has 9 nitrogen and oxygen atoms in total. The average molecular weight is 407 g/mol. The molecular formula is C18H21N3O6S. The molecule has 150 valence electrons. The molecule has 0 heterocycles. The first kappa shape index (κ1) is 21.2. The number of rotatable bonds is 8. The summed E-state index contributed by atoms with van der Waals surface area (Å²) in [5, 5.41) is 13.7. The van der Waals surface area contributed by atoms with E-state index >= 15 is 0 Å². The van der Waals surface area contributed by atoms with Gasteiger partial charge in [0.05, 0.1) is 30.0 Å². The SMILES string of the molecule is COc1ccccc1[C@@H](C)NC(=O)CN(c1cccc([N+](=O)[O-])c1)S(C)(=O)=O. The highest BCUT2D eigenvalue weighted by molar-refractivity contribution is 7.92. The van der Waals surface area contributed by atoms with Crippen molar-refractivity contribution in [1.29, 1.82) is 0 Å². The number of anilines is 1. The van der Waals surface area contributed by atoms with E-state index in [9.17, 15) is 23.3 Å². The summed E-state index contributed by atoms with van der Waals surface area (Å²) in [4.78, 5) is 22.8. The van der Waals surface area contributed by atoms with Crippen LogP contribution in [-0.4, -0.2) is 39.2 Å². The Balaban J connectivity index is 2.22. The Bertz CT molecular complexity index is 977. The number of methoxy groups -OCH3 is 1. The molecule has 0 radical (unpaired) electrons. The van der Waals surface area contributed by atoms with E-state index in [0.29, 0.717) is 5.75 Å². The molecule has 1 N–H and O–H groups in total. The third kappa shape index (κ3) is 5.19. The van der Waals surface area contributed by atoms with Gasteiger partial charge in [-0.05, 0) is 19.1 Å². The fraction of sp³-hybridized carbons (Fsp3) is 0.278. The van der Waals surface area contributed by atoms with Crippen molar-refractivity contribution in [3.8, 4) is 5.75 Å². The summed E-state index contributed by atoms with van der Waals surface area (Å²) in [7, 11) is -2.33. The van der Waals surface area contributed by atoms with E-state index in [4.69, 9.17) is 4.74 Å². The lowest BCUT2D eigenvalue weighted by atomic mass is 10.1. The van der Waals surface area contributed by atoms with Crippen LogP contribution in [0.4, 0.5) is 11.4 Å². The van der Waals surface area contributed by atoms with Crippen molar-refractivity contribution in [3.63, 3.8) is 0 Å². The quantitative estimate of drug-likeness (QED) is 0.529. The van der Waals surface area contributed by atoms with Crippen molar-refractivity contribution >= 4 is 27.3 Å². The van der Waals surface area contributed by atoms with Gasteiger partial charge in [0.25, 0.3) is 5.69 Å². The molecule has 0 aliphatic rings. The minimum atomic E-state index is -3.84. The number of hydrogen-bond acceptors (Lipinski definition) is 6. The van der Waals surface area contributed by atoms with Gasteiger partial charge >= 0.3 is 0 Å². The summed E-state index contributed by atoms with van der Waals surface area (Å²) in [6, 6.07) is 11.8. The van der Waals surface area contributed by atoms with Crippen LogP contribution in [0.25, 0.3) is 0 Å². The molecule has 1 atom stereocenters. The minimum absolute atomic E-state index is 0.0387. The lowest BCUT2D eigenvalue weighted by Crippen LogP contribution is -2.41. The van der Waals surface area contributed by atoms with E-state index in [1.54, 1.807) is 31.2 Å². The van der Waals surface area contributed by atoms with Crippen molar-refractivity contribution in [2.24, 2.45) is 0 Å². The number of nitrogens with one attached hydrogen (secondary N) is 1. The van der Waals surface area contributed by atoms with Gasteiger partial charge < -0.3 is 10.1 Å². The van der Waals surface area contributed by atoms with Gasteiger partial charge in [-0.25, -0.2) is 8.42 Å². The van der Waals surface area contributed by atoms with Gasteiger partial charge in [-0.3, -0.25) is 19.2 Å². The zero-order chi connectivity index (χ0) is 20.9. The van der Waals surface area contributed by atoms with Gasteiger partial charge in [0.2, 0.25) is 15.9 Å². The Kier molecular flexibility index (Phi) is 6.57. The van der Waals surface area contributed by atoms with Crippen LogP contribution in [0.2, 0.25) is 0 Å². The molecule has 0 aromatic heterocycles. The van der Waals surface area contributed by atoms with Crippen LogP contribution in [-0.2, 0) is 14.8 Å².